The molecule has 1 fully saturated rings. The van der Waals surface area contributed by atoms with Crippen molar-refractivity contribution in [2.45, 2.75) is 12.8 Å². The Morgan fingerprint density at radius 2 is 1.71 bits per heavy atom. The highest BCUT2D eigenvalue weighted by molar-refractivity contribution is 7.09. The molecule has 0 spiro atoms. The Labute approximate surface area is 186 Å². The number of carbonyl (C=O) groups excluding carboxylic acids is 1. The molecule has 1 aliphatic heterocycles. The molecule has 1 amide bonds. The zero-order valence-electron chi connectivity index (χ0n) is 17.8. The number of carbonyl (C=O) groups is 1. The number of amides is 1. The number of anilines is 1. The molecule has 2 aromatic carbocycles. The topological polar surface area (TPSA) is 67.8 Å². The van der Waals surface area contributed by atoms with E-state index in [0.717, 1.165) is 46.7 Å². The van der Waals surface area contributed by atoms with Gasteiger partial charge < -0.3 is 19.3 Å². The summed E-state index contributed by atoms with van der Waals surface area (Å²) in [5, 5.41) is 0.917. The van der Waals surface area contributed by atoms with Crippen LogP contribution in [-0.2, 0) is 17.6 Å². The highest BCUT2D eigenvalue weighted by Crippen LogP contribution is 2.22. The molecule has 1 aliphatic rings. The Hall–Kier alpha value is -3.13. The maximum Gasteiger partial charge on any atom is 0.227 e. The molecule has 0 bridgehead atoms. The van der Waals surface area contributed by atoms with Crippen LogP contribution in [0.15, 0.2) is 48.5 Å². The first-order valence-corrected chi connectivity index (χ1v) is 11.0. The van der Waals surface area contributed by atoms with E-state index in [1.54, 1.807) is 14.2 Å². The maximum atomic E-state index is 12.7. The van der Waals surface area contributed by atoms with Crippen LogP contribution in [0.25, 0.3) is 0 Å². The van der Waals surface area contributed by atoms with Gasteiger partial charge in [-0.3, -0.25) is 4.79 Å². The van der Waals surface area contributed by atoms with Crippen LogP contribution in [0.4, 0.5) is 5.13 Å². The monoisotopic (exact) mass is 438 g/mol. The van der Waals surface area contributed by atoms with Gasteiger partial charge in [0, 0.05) is 44.1 Å². The molecule has 31 heavy (non-hydrogen) atoms. The first-order chi connectivity index (χ1) is 15.1. The van der Waals surface area contributed by atoms with Crippen molar-refractivity contribution >= 4 is 22.6 Å². The molecule has 2 heterocycles. The third-order valence-corrected chi connectivity index (χ3v) is 6.19. The SMILES string of the molecule is COc1ccc(CC(=O)N2CCN(c3nc(Cc4cccc(OC)c4)ns3)CC2)cc1. The van der Waals surface area contributed by atoms with E-state index in [-0.39, 0.29) is 5.91 Å². The highest BCUT2D eigenvalue weighted by Gasteiger charge is 2.23. The minimum absolute atomic E-state index is 0.154. The molecule has 0 N–H and O–H groups in total. The summed E-state index contributed by atoms with van der Waals surface area (Å²) in [4.78, 5) is 21.5. The lowest BCUT2D eigenvalue weighted by molar-refractivity contribution is -0.130. The van der Waals surface area contributed by atoms with Crippen LogP contribution in [-0.4, -0.2) is 60.6 Å². The van der Waals surface area contributed by atoms with E-state index in [2.05, 4.69) is 15.3 Å². The molecule has 0 unspecified atom stereocenters. The van der Waals surface area contributed by atoms with Gasteiger partial charge in [-0.1, -0.05) is 24.3 Å². The summed E-state index contributed by atoms with van der Waals surface area (Å²) < 4.78 is 15.0. The number of benzene rings is 2. The van der Waals surface area contributed by atoms with Crippen molar-refractivity contribution in [3.05, 3.63) is 65.5 Å². The number of piperazine rings is 1. The van der Waals surface area contributed by atoms with Crippen LogP contribution in [0.5, 0.6) is 11.5 Å². The number of ether oxygens (including phenoxy) is 2. The van der Waals surface area contributed by atoms with Gasteiger partial charge in [-0.15, -0.1) is 0 Å². The summed E-state index contributed by atoms with van der Waals surface area (Å²) in [7, 11) is 3.30. The number of nitrogens with zero attached hydrogens (tertiary/aromatic N) is 4. The normalized spacial score (nSPS) is 13.9. The lowest BCUT2D eigenvalue weighted by Crippen LogP contribution is -2.49. The standard InChI is InChI=1S/C23H26N4O3S/c1-29-19-8-6-17(7-9-19)16-22(28)26-10-12-27(13-11-26)23-24-21(25-31-23)15-18-4-3-5-20(14-18)30-2/h3-9,14H,10-13,15-16H2,1-2H3. The molecular formula is C23H26N4O3S. The third-order valence-electron chi connectivity index (χ3n) is 5.37. The van der Waals surface area contributed by atoms with Crippen LogP contribution < -0.4 is 14.4 Å². The lowest BCUT2D eigenvalue weighted by atomic mass is 10.1. The molecule has 0 aliphatic carbocycles. The molecule has 162 valence electrons. The quantitative estimate of drug-likeness (QED) is 0.565. The summed E-state index contributed by atoms with van der Waals surface area (Å²) in [5.74, 6) is 2.60. The molecule has 0 radical (unpaired) electrons. The second-order valence-corrected chi connectivity index (χ2v) is 8.14. The van der Waals surface area contributed by atoms with Gasteiger partial charge in [0.05, 0.1) is 20.6 Å². The first kappa shape index (κ1) is 21.1. The summed E-state index contributed by atoms with van der Waals surface area (Å²) in [5.41, 5.74) is 2.12. The Balaban J connectivity index is 1.29. The van der Waals surface area contributed by atoms with Gasteiger partial charge in [0.15, 0.2) is 0 Å². The summed E-state index contributed by atoms with van der Waals surface area (Å²) in [6, 6.07) is 15.6. The molecule has 8 heteroatoms. The van der Waals surface area contributed by atoms with E-state index >= 15 is 0 Å². The minimum atomic E-state index is 0.154. The van der Waals surface area contributed by atoms with Crippen molar-refractivity contribution in [2.24, 2.45) is 0 Å². The maximum absolute atomic E-state index is 12.7. The van der Waals surface area contributed by atoms with Crippen LogP contribution >= 0.6 is 11.5 Å². The van der Waals surface area contributed by atoms with E-state index in [9.17, 15) is 4.79 Å². The molecular weight excluding hydrogens is 412 g/mol. The van der Waals surface area contributed by atoms with Crippen molar-refractivity contribution in [3.8, 4) is 11.5 Å². The molecule has 0 atom stereocenters. The third kappa shape index (κ3) is 5.32. The van der Waals surface area contributed by atoms with Gasteiger partial charge in [-0.05, 0) is 35.4 Å². The smallest absolute Gasteiger partial charge is 0.227 e. The number of aromatic nitrogens is 2. The van der Waals surface area contributed by atoms with Crippen molar-refractivity contribution in [2.75, 3.05) is 45.3 Å². The van der Waals surface area contributed by atoms with Crippen LogP contribution in [0.3, 0.4) is 0 Å². The lowest BCUT2D eigenvalue weighted by Gasteiger charge is -2.34. The fraction of sp³-hybridized carbons (Fsp3) is 0.348. The van der Waals surface area contributed by atoms with Gasteiger partial charge in [-0.25, -0.2) is 4.98 Å². The summed E-state index contributed by atoms with van der Waals surface area (Å²) >= 11 is 1.42. The van der Waals surface area contributed by atoms with Gasteiger partial charge in [0.2, 0.25) is 11.0 Å². The average molecular weight is 439 g/mol. The Bertz CT molecular complexity index is 1010. The largest absolute Gasteiger partial charge is 0.497 e. The molecule has 3 aromatic rings. The number of rotatable bonds is 7. The predicted octanol–water partition coefficient (Wildman–Crippen LogP) is 3.04. The molecule has 4 rings (SSSR count). The van der Waals surface area contributed by atoms with Gasteiger partial charge in [0.1, 0.15) is 17.3 Å². The van der Waals surface area contributed by atoms with Gasteiger partial charge in [0.25, 0.3) is 0 Å². The number of methoxy groups -OCH3 is 2. The van der Waals surface area contributed by atoms with E-state index in [0.29, 0.717) is 25.9 Å². The van der Waals surface area contributed by atoms with E-state index in [1.165, 1.54) is 11.5 Å². The van der Waals surface area contributed by atoms with E-state index < -0.39 is 0 Å². The molecule has 1 saturated heterocycles. The van der Waals surface area contributed by atoms with E-state index in [4.69, 9.17) is 14.5 Å². The Kier molecular flexibility index (Phi) is 6.66. The van der Waals surface area contributed by atoms with Crippen LogP contribution in [0.2, 0.25) is 0 Å². The Morgan fingerprint density at radius 3 is 2.42 bits per heavy atom. The predicted molar refractivity (Wildman–Crippen MR) is 121 cm³/mol. The fourth-order valence-electron chi connectivity index (χ4n) is 3.59. The van der Waals surface area contributed by atoms with Crippen LogP contribution in [0, 0.1) is 0 Å². The van der Waals surface area contributed by atoms with Crippen molar-refractivity contribution < 1.29 is 14.3 Å². The van der Waals surface area contributed by atoms with Crippen molar-refractivity contribution in [1.82, 2.24) is 14.3 Å². The van der Waals surface area contributed by atoms with Gasteiger partial charge >= 0.3 is 0 Å². The minimum Gasteiger partial charge on any atom is -0.497 e. The second kappa shape index (κ2) is 9.78. The molecule has 1 aromatic heterocycles. The molecule has 7 nitrogen and oxygen atoms in total. The van der Waals surface area contributed by atoms with Crippen molar-refractivity contribution in [1.29, 1.82) is 0 Å². The fourth-order valence-corrected chi connectivity index (χ4v) is 4.32. The summed E-state index contributed by atoms with van der Waals surface area (Å²) in [6.45, 7) is 2.92. The molecule has 0 saturated carbocycles. The van der Waals surface area contributed by atoms with Crippen molar-refractivity contribution in [3.63, 3.8) is 0 Å². The first-order valence-electron chi connectivity index (χ1n) is 10.3. The number of hydrogen-bond donors (Lipinski definition) is 0. The van der Waals surface area contributed by atoms with E-state index in [1.807, 2.05) is 47.4 Å². The van der Waals surface area contributed by atoms with Crippen LogP contribution in [0.1, 0.15) is 17.0 Å². The summed E-state index contributed by atoms with van der Waals surface area (Å²) in [6.07, 6.45) is 1.08. The highest BCUT2D eigenvalue weighted by atomic mass is 32.1. The van der Waals surface area contributed by atoms with Gasteiger partial charge in [-0.2, -0.15) is 4.37 Å². The Morgan fingerprint density at radius 1 is 0.968 bits per heavy atom. The zero-order valence-corrected chi connectivity index (χ0v) is 18.6. The average Bonchev–Trinajstić information content (AvgIpc) is 3.28. The number of hydrogen-bond acceptors (Lipinski definition) is 7. The second-order valence-electron chi connectivity index (χ2n) is 7.41. The zero-order chi connectivity index (χ0) is 21.6.